The van der Waals surface area contributed by atoms with Crippen LogP contribution in [0.4, 0.5) is 5.69 Å². The maximum absolute atomic E-state index is 5.88. The Hall–Kier alpha value is -3.23. The van der Waals surface area contributed by atoms with Crippen LogP contribution in [0.1, 0.15) is 18.4 Å². The van der Waals surface area contributed by atoms with Crippen molar-refractivity contribution >= 4 is 16.9 Å². The zero-order valence-corrected chi connectivity index (χ0v) is 18.9. The minimum absolute atomic E-state index is 0.220. The van der Waals surface area contributed by atoms with E-state index in [4.69, 9.17) is 24.5 Å². The smallest absolute Gasteiger partial charge is 0.164 e. The summed E-state index contributed by atoms with van der Waals surface area (Å²) in [6.07, 6.45) is 6.29. The molecule has 0 radical (unpaired) electrons. The zero-order valence-electron chi connectivity index (χ0n) is 18.9. The van der Waals surface area contributed by atoms with Crippen LogP contribution in [-0.4, -0.2) is 63.3 Å². The lowest BCUT2D eigenvalue weighted by Crippen LogP contribution is -2.36. The van der Waals surface area contributed by atoms with E-state index in [1.165, 1.54) is 5.56 Å². The Labute approximate surface area is 192 Å². The monoisotopic (exact) mass is 444 g/mol. The Morgan fingerprint density at radius 3 is 2.82 bits per heavy atom. The van der Waals surface area contributed by atoms with E-state index in [1.807, 2.05) is 23.3 Å². The van der Waals surface area contributed by atoms with E-state index in [1.54, 1.807) is 0 Å². The molecule has 6 rings (SSSR count). The van der Waals surface area contributed by atoms with Crippen LogP contribution in [0.3, 0.4) is 0 Å². The number of morpholine rings is 1. The van der Waals surface area contributed by atoms with Crippen molar-refractivity contribution in [2.24, 2.45) is 0 Å². The van der Waals surface area contributed by atoms with Crippen LogP contribution in [-0.2, 0) is 16.0 Å². The summed E-state index contributed by atoms with van der Waals surface area (Å²) >= 11 is 0. The van der Waals surface area contributed by atoms with Crippen LogP contribution in [0.25, 0.3) is 28.2 Å². The molecule has 3 aromatic heterocycles. The molecule has 5 heterocycles. The maximum atomic E-state index is 5.88. The highest BCUT2D eigenvalue weighted by Crippen LogP contribution is 2.29. The number of pyridine rings is 1. The van der Waals surface area contributed by atoms with E-state index in [0.717, 1.165) is 86.2 Å². The summed E-state index contributed by atoms with van der Waals surface area (Å²) in [5, 5.41) is 4.86. The minimum atomic E-state index is 0.220. The molecule has 0 saturated carbocycles. The molecule has 1 aromatic carbocycles. The number of hydrogen-bond acceptors (Lipinski definition) is 6. The molecule has 33 heavy (non-hydrogen) atoms. The van der Waals surface area contributed by atoms with E-state index in [0.29, 0.717) is 0 Å². The molecule has 2 aliphatic rings. The summed E-state index contributed by atoms with van der Waals surface area (Å²) in [5.41, 5.74) is 6.13. The number of fused-ring (bicyclic) bond motifs is 1. The van der Waals surface area contributed by atoms with Gasteiger partial charge in [-0.1, -0.05) is 23.8 Å². The number of imidazole rings is 1. The topological polar surface area (TPSA) is 70.2 Å². The van der Waals surface area contributed by atoms with Gasteiger partial charge in [0, 0.05) is 37.5 Å². The second kappa shape index (κ2) is 8.61. The number of rotatable bonds is 5. The molecule has 2 fully saturated rings. The second-order valence-corrected chi connectivity index (χ2v) is 8.82. The molecule has 8 nitrogen and oxygen atoms in total. The average Bonchev–Trinajstić information content (AvgIpc) is 3.61. The highest BCUT2D eigenvalue weighted by molar-refractivity contribution is 5.87. The molecule has 170 valence electrons. The summed E-state index contributed by atoms with van der Waals surface area (Å²) in [7, 11) is 0. The van der Waals surface area contributed by atoms with Gasteiger partial charge < -0.3 is 18.9 Å². The maximum Gasteiger partial charge on any atom is 0.164 e. The molecular formula is C25H28N6O2. The largest absolute Gasteiger partial charge is 0.378 e. The first-order valence-corrected chi connectivity index (χ1v) is 11.7. The Kier molecular flexibility index (Phi) is 5.32. The normalized spacial score (nSPS) is 18.9. The Morgan fingerprint density at radius 1 is 1.09 bits per heavy atom. The van der Waals surface area contributed by atoms with Crippen molar-refractivity contribution in [2.75, 3.05) is 37.8 Å². The van der Waals surface area contributed by atoms with Crippen LogP contribution in [0.15, 0.2) is 48.9 Å². The van der Waals surface area contributed by atoms with Gasteiger partial charge in [0.15, 0.2) is 11.5 Å². The minimum Gasteiger partial charge on any atom is -0.378 e. The van der Waals surface area contributed by atoms with Gasteiger partial charge in [-0.05, 0) is 31.9 Å². The molecule has 0 N–H and O–H groups in total. The van der Waals surface area contributed by atoms with E-state index in [9.17, 15) is 0 Å². The zero-order chi connectivity index (χ0) is 22.2. The molecule has 8 heteroatoms. The predicted molar refractivity (Wildman–Crippen MR) is 127 cm³/mol. The van der Waals surface area contributed by atoms with Gasteiger partial charge in [-0.15, -0.1) is 0 Å². The molecule has 2 saturated heterocycles. The number of aromatic nitrogens is 5. The van der Waals surface area contributed by atoms with E-state index >= 15 is 0 Å². The van der Waals surface area contributed by atoms with Crippen LogP contribution < -0.4 is 4.90 Å². The van der Waals surface area contributed by atoms with E-state index < -0.39 is 0 Å². The van der Waals surface area contributed by atoms with Gasteiger partial charge in [-0.3, -0.25) is 0 Å². The summed E-state index contributed by atoms with van der Waals surface area (Å²) in [6.45, 7) is 6.81. The molecule has 2 aliphatic heterocycles. The van der Waals surface area contributed by atoms with Crippen LogP contribution >= 0.6 is 0 Å². The fraction of sp³-hybridized carbons (Fsp3) is 0.400. The van der Waals surface area contributed by atoms with Crippen molar-refractivity contribution in [3.05, 3.63) is 54.5 Å². The third-order valence-electron chi connectivity index (χ3n) is 6.45. The Balaban J connectivity index is 1.43. The summed E-state index contributed by atoms with van der Waals surface area (Å²) in [4.78, 5) is 12.1. The van der Waals surface area contributed by atoms with E-state index in [-0.39, 0.29) is 6.10 Å². The predicted octanol–water partition coefficient (Wildman–Crippen LogP) is 3.61. The molecule has 4 aromatic rings. The number of anilines is 1. The quantitative estimate of drug-likeness (QED) is 0.468. The lowest BCUT2D eigenvalue weighted by atomic mass is 10.1. The number of aryl methyl sites for hydroxylation is 1. The first-order valence-electron chi connectivity index (χ1n) is 11.7. The molecule has 0 aliphatic carbocycles. The first kappa shape index (κ1) is 20.4. The fourth-order valence-electron chi connectivity index (χ4n) is 4.72. The third-order valence-corrected chi connectivity index (χ3v) is 6.45. The summed E-state index contributed by atoms with van der Waals surface area (Å²) < 4.78 is 15.5. The average molecular weight is 445 g/mol. The highest BCUT2D eigenvalue weighted by atomic mass is 16.5. The number of benzene rings is 1. The van der Waals surface area contributed by atoms with Crippen molar-refractivity contribution < 1.29 is 9.47 Å². The van der Waals surface area contributed by atoms with Crippen molar-refractivity contribution in [3.63, 3.8) is 0 Å². The summed E-state index contributed by atoms with van der Waals surface area (Å²) in [5.74, 6) is 0.789. The van der Waals surface area contributed by atoms with Gasteiger partial charge in [0.05, 0.1) is 43.6 Å². The van der Waals surface area contributed by atoms with Crippen molar-refractivity contribution in [2.45, 2.75) is 32.4 Å². The number of nitrogens with zero attached hydrogens (tertiary/aromatic N) is 6. The first-order chi connectivity index (χ1) is 16.2. The van der Waals surface area contributed by atoms with Crippen LogP contribution in [0.5, 0.6) is 0 Å². The number of hydrogen-bond donors (Lipinski definition) is 0. The van der Waals surface area contributed by atoms with Crippen molar-refractivity contribution in [1.29, 1.82) is 0 Å². The second-order valence-electron chi connectivity index (χ2n) is 8.82. The van der Waals surface area contributed by atoms with Crippen molar-refractivity contribution in [3.8, 4) is 17.1 Å². The SMILES string of the molecule is Cc1cccc(-c2ccn(-c3cc(N4CCOCC4)c4ncn(C[C@@H]5CCCO5)c4n3)n2)c1. The van der Waals surface area contributed by atoms with Gasteiger partial charge >= 0.3 is 0 Å². The molecule has 0 amide bonds. The lowest BCUT2D eigenvalue weighted by Gasteiger charge is -2.29. The standard InChI is InChI=1S/C25H28N6O2/c1-18-4-2-5-19(14-18)21-7-8-31(28-21)23-15-22(29-9-12-32-13-10-29)24-25(27-23)30(17-26-24)16-20-6-3-11-33-20/h2,4-5,7-8,14-15,17,20H,3,6,9-13,16H2,1H3/t20-/m0/s1. The Bertz CT molecular complexity index is 1270. The molecule has 0 bridgehead atoms. The van der Waals surface area contributed by atoms with E-state index in [2.05, 4.69) is 46.7 Å². The molecular weight excluding hydrogens is 416 g/mol. The van der Waals surface area contributed by atoms with Gasteiger partial charge in [0.25, 0.3) is 0 Å². The van der Waals surface area contributed by atoms with Gasteiger partial charge in [0.2, 0.25) is 0 Å². The van der Waals surface area contributed by atoms with Gasteiger partial charge in [0.1, 0.15) is 5.52 Å². The van der Waals surface area contributed by atoms with Gasteiger partial charge in [-0.2, -0.15) is 5.10 Å². The molecule has 1 atom stereocenters. The van der Waals surface area contributed by atoms with Crippen LogP contribution in [0, 0.1) is 6.92 Å². The summed E-state index contributed by atoms with van der Waals surface area (Å²) in [6, 6.07) is 12.5. The Morgan fingerprint density at radius 2 is 2.00 bits per heavy atom. The third kappa shape index (κ3) is 4.00. The van der Waals surface area contributed by atoms with Crippen molar-refractivity contribution in [1.82, 2.24) is 24.3 Å². The molecule has 0 spiro atoms. The number of ether oxygens (including phenoxy) is 2. The lowest BCUT2D eigenvalue weighted by molar-refractivity contribution is 0.0978. The molecule has 0 unspecified atom stereocenters. The van der Waals surface area contributed by atoms with Crippen LogP contribution in [0.2, 0.25) is 0 Å². The fourth-order valence-corrected chi connectivity index (χ4v) is 4.72. The van der Waals surface area contributed by atoms with Gasteiger partial charge in [-0.25, -0.2) is 14.6 Å². The highest BCUT2D eigenvalue weighted by Gasteiger charge is 2.22.